The van der Waals surface area contributed by atoms with Crippen molar-refractivity contribution in [3.05, 3.63) is 95.1 Å². The maximum absolute atomic E-state index is 13.4. The molecular weight excluding hydrogens is 458 g/mol. The molecule has 0 spiro atoms. The van der Waals surface area contributed by atoms with E-state index in [9.17, 15) is 9.59 Å². The summed E-state index contributed by atoms with van der Waals surface area (Å²) in [4.78, 5) is 28.6. The zero-order valence-corrected chi connectivity index (χ0v) is 21.9. The van der Waals surface area contributed by atoms with E-state index in [2.05, 4.69) is 81.4 Å². The average Bonchev–Trinajstić information content (AvgIpc) is 3.37. The normalized spacial score (nSPS) is 22.5. The Morgan fingerprint density at radius 1 is 0.811 bits per heavy atom. The number of benzene rings is 3. The molecule has 190 valence electrons. The van der Waals surface area contributed by atoms with Gasteiger partial charge in [-0.05, 0) is 58.9 Å². The fourth-order valence-electron chi connectivity index (χ4n) is 6.73. The quantitative estimate of drug-likeness (QED) is 0.357. The van der Waals surface area contributed by atoms with Crippen LogP contribution in [0.15, 0.2) is 72.8 Å². The molecule has 2 heterocycles. The SMILES string of the molecule is CC(C)(C)c1ccc(C(=O)C2CC3CCC(C2)N3C(=O)OCC2c3ccccc3-c3ccccc32)cc1. The molecule has 2 fully saturated rings. The van der Waals surface area contributed by atoms with E-state index in [1.807, 2.05) is 17.0 Å². The highest BCUT2D eigenvalue weighted by Crippen LogP contribution is 2.45. The summed E-state index contributed by atoms with van der Waals surface area (Å²) >= 11 is 0. The first-order valence-electron chi connectivity index (χ1n) is 13.6. The predicted molar refractivity (Wildman–Crippen MR) is 146 cm³/mol. The molecule has 1 aliphatic carbocycles. The Kier molecular flexibility index (Phi) is 5.94. The van der Waals surface area contributed by atoms with Crippen molar-refractivity contribution in [3.63, 3.8) is 0 Å². The Hall–Kier alpha value is -3.40. The van der Waals surface area contributed by atoms with Crippen LogP contribution in [-0.4, -0.2) is 35.5 Å². The lowest BCUT2D eigenvalue weighted by molar-refractivity contribution is 0.0506. The molecule has 0 aromatic heterocycles. The number of ether oxygens (including phenoxy) is 1. The van der Waals surface area contributed by atoms with E-state index in [4.69, 9.17) is 4.74 Å². The number of nitrogens with zero attached hydrogens (tertiary/aromatic N) is 1. The molecule has 2 unspecified atom stereocenters. The second kappa shape index (κ2) is 9.16. The van der Waals surface area contributed by atoms with Crippen molar-refractivity contribution < 1.29 is 14.3 Å². The summed E-state index contributed by atoms with van der Waals surface area (Å²) in [5.74, 6) is 0.240. The number of hydrogen-bond acceptors (Lipinski definition) is 3. The van der Waals surface area contributed by atoms with Crippen molar-refractivity contribution in [2.45, 2.75) is 69.9 Å². The van der Waals surface area contributed by atoms with Crippen molar-refractivity contribution in [1.82, 2.24) is 4.90 Å². The van der Waals surface area contributed by atoms with Gasteiger partial charge in [-0.3, -0.25) is 4.79 Å². The maximum Gasteiger partial charge on any atom is 0.410 e. The number of carbonyl (C=O) groups excluding carboxylic acids is 2. The summed E-state index contributed by atoms with van der Waals surface area (Å²) in [5, 5.41) is 0. The Labute approximate surface area is 219 Å². The number of fused-ring (bicyclic) bond motifs is 5. The van der Waals surface area contributed by atoms with Gasteiger partial charge >= 0.3 is 6.09 Å². The molecule has 1 amide bonds. The van der Waals surface area contributed by atoms with E-state index in [-0.39, 0.29) is 41.2 Å². The monoisotopic (exact) mass is 493 g/mol. The smallest absolute Gasteiger partial charge is 0.410 e. The van der Waals surface area contributed by atoms with Crippen LogP contribution in [0.4, 0.5) is 4.79 Å². The summed E-state index contributed by atoms with van der Waals surface area (Å²) in [6.07, 6.45) is 3.11. The third-order valence-corrected chi connectivity index (χ3v) is 8.69. The van der Waals surface area contributed by atoms with E-state index in [0.717, 1.165) is 31.2 Å². The Bertz CT molecular complexity index is 1280. The van der Waals surface area contributed by atoms with E-state index in [1.54, 1.807) is 0 Å². The van der Waals surface area contributed by atoms with Crippen LogP contribution < -0.4 is 0 Å². The standard InChI is InChI=1S/C33H35NO3/c1-33(2,3)23-14-12-21(13-15-23)31(35)22-18-24-16-17-25(19-22)34(24)32(36)37-20-30-28-10-6-4-8-26(28)27-9-5-7-11-29(27)30/h4-15,22,24-25,30H,16-20H2,1-3H3. The molecule has 6 rings (SSSR count). The molecule has 4 nitrogen and oxygen atoms in total. The Balaban J connectivity index is 1.12. The van der Waals surface area contributed by atoms with E-state index in [1.165, 1.54) is 27.8 Å². The Morgan fingerprint density at radius 3 is 1.89 bits per heavy atom. The fourth-order valence-corrected chi connectivity index (χ4v) is 6.73. The van der Waals surface area contributed by atoms with Crippen LogP contribution in [0.2, 0.25) is 0 Å². The van der Waals surface area contributed by atoms with Crippen molar-refractivity contribution in [3.8, 4) is 11.1 Å². The lowest BCUT2D eigenvalue weighted by Crippen LogP contribution is -2.48. The van der Waals surface area contributed by atoms with Crippen molar-refractivity contribution in [2.75, 3.05) is 6.61 Å². The Morgan fingerprint density at radius 2 is 1.35 bits per heavy atom. The summed E-state index contributed by atoms with van der Waals surface area (Å²) < 4.78 is 5.99. The van der Waals surface area contributed by atoms with Gasteiger partial charge in [-0.15, -0.1) is 0 Å². The van der Waals surface area contributed by atoms with E-state index in [0.29, 0.717) is 6.61 Å². The highest BCUT2D eigenvalue weighted by molar-refractivity contribution is 5.98. The highest BCUT2D eigenvalue weighted by atomic mass is 16.6. The molecule has 2 aliphatic heterocycles. The van der Waals surface area contributed by atoms with Crippen LogP contribution in [0, 0.1) is 5.92 Å². The molecule has 3 aromatic carbocycles. The lowest BCUT2D eigenvalue weighted by Gasteiger charge is -2.37. The van der Waals surface area contributed by atoms with Gasteiger partial charge in [-0.25, -0.2) is 4.79 Å². The van der Waals surface area contributed by atoms with E-state index < -0.39 is 0 Å². The number of rotatable bonds is 4. The van der Waals surface area contributed by atoms with Gasteiger partial charge in [-0.2, -0.15) is 0 Å². The number of piperidine rings is 1. The topological polar surface area (TPSA) is 46.6 Å². The first kappa shape index (κ1) is 24.0. The summed E-state index contributed by atoms with van der Waals surface area (Å²) in [7, 11) is 0. The van der Waals surface area contributed by atoms with Gasteiger partial charge in [0.05, 0.1) is 0 Å². The molecular formula is C33H35NO3. The van der Waals surface area contributed by atoms with Gasteiger partial charge in [0.1, 0.15) is 6.61 Å². The summed E-state index contributed by atoms with van der Waals surface area (Å²) in [6, 6.07) is 25.1. The largest absolute Gasteiger partial charge is 0.448 e. The van der Waals surface area contributed by atoms with Crippen LogP contribution in [-0.2, 0) is 10.2 Å². The molecule has 3 aromatic rings. The number of amides is 1. The van der Waals surface area contributed by atoms with Crippen LogP contribution in [0.25, 0.3) is 11.1 Å². The lowest BCUT2D eigenvalue weighted by atomic mass is 9.83. The number of hydrogen-bond donors (Lipinski definition) is 0. The zero-order chi connectivity index (χ0) is 25.7. The molecule has 0 radical (unpaired) electrons. The molecule has 4 heteroatoms. The molecule has 37 heavy (non-hydrogen) atoms. The fraction of sp³-hybridized carbons (Fsp3) is 0.394. The third kappa shape index (κ3) is 4.27. The molecule has 3 aliphatic rings. The second-order valence-electron chi connectivity index (χ2n) is 12.0. The number of carbonyl (C=O) groups is 2. The molecule has 2 atom stereocenters. The molecule has 0 saturated carbocycles. The van der Waals surface area contributed by atoms with Gasteiger partial charge in [0, 0.05) is 29.5 Å². The summed E-state index contributed by atoms with van der Waals surface area (Å²) in [6.45, 7) is 6.88. The zero-order valence-electron chi connectivity index (χ0n) is 21.9. The van der Waals surface area contributed by atoms with Crippen LogP contribution >= 0.6 is 0 Å². The maximum atomic E-state index is 13.4. The number of Topliss-reactive ketones (excluding diaryl/α,β-unsaturated/α-hetero) is 1. The first-order valence-corrected chi connectivity index (χ1v) is 13.6. The highest BCUT2D eigenvalue weighted by Gasteiger charge is 2.46. The van der Waals surface area contributed by atoms with Crippen LogP contribution in [0.3, 0.4) is 0 Å². The van der Waals surface area contributed by atoms with Gasteiger partial charge in [0.15, 0.2) is 5.78 Å². The minimum atomic E-state index is -0.227. The minimum absolute atomic E-state index is 0.0318. The van der Waals surface area contributed by atoms with Crippen molar-refractivity contribution in [1.29, 1.82) is 0 Å². The van der Waals surface area contributed by atoms with Crippen LogP contribution in [0.5, 0.6) is 0 Å². The summed E-state index contributed by atoms with van der Waals surface area (Å²) in [5.41, 5.74) is 6.99. The first-order chi connectivity index (χ1) is 17.8. The average molecular weight is 494 g/mol. The van der Waals surface area contributed by atoms with Gasteiger partial charge in [0.2, 0.25) is 0 Å². The van der Waals surface area contributed by atoms with Crippen molar-refractivity contribution >= 4 is 11.9 Å². The third-order valence-electron chi connectivity index (χ3n) is 8.69. The molecule has 2 saturated heterocycles. The second-order valence-corrected chi connectivity index (χ2v) is 12.0. The van der Waals surface area contributed by atoms with Gasteiger partial charge in [-0.1, -0.05) is 93.6 Å². The minimum Gasteiger partial charge on any atom is -0.448 e. The van der Waals surface area contributed by atoms with E-state index >= 15 is 0 Å². The molecule has 0 N–H and O–H groups in total. The number of ketones is 1. The van der Waals surface area contributed by atoms with Gasteiger partial charge in [0.25, 0.3) is 0 Å². The van der Waals surface area contributed by atoms with Crippen LogP contribution in [0.1, 0.15) is 79.4 Å². The van der Waals surface area contributed by atoms with Crippen molar-refractivity contribution in [2.24, 2.45) is 5.92 Å². The molecule has 2 bridgehead atoms. The predicted octanol–water partition coefficient (Wildman–Crippen LogP) is 7.36. The van der Waals surface area contributed by atoms with Gasteiger partial charge < -0.3 is 9.64 Å².